The molecule has 4 aromatic carbocycles. The first-order valence-electron chi connectivity index (χ1n) is 20.2. The van der Waals surface area contributed by atoms with Crippen molar-refractivity contribution in [3.05, 3.63) is 106 Å². The lowest BCUT2D eigenvalue weighted by Gasteiger charge is -2.29. The van der Waals surface area contributed by atoms with Crippen LogP contribution < -0.4 is 19.8 Å². The van der Waals surface area contributed by atoms with E-state index in [4.69, 9.17) is 9.47 Å². The highest BCUT2D eigenvalue weighted by molar-refractivity contribution is 6.90. The Morgan fingerprint density at radius 3 is 1.05 bits per heavy atom. The van der Waals surface area contributed by atoms with Gasteiger partial charge in [-0.05, 0) is 45.9 Å². The molecule has 0 aromatic heterocycles. The molecule has 0 spiro atoms. The predicted molar refractivity (Wildman–Crippen MR) is 239 cm³/mol. The van der Waals surface area contributed by atoms with E-state index in [9.17, 15) is 36.6 Å². The van der Waals surface area contributed by atoms with Crippen LogP contribution >= 0.6 is 0 Å². The Hall–Kier alpha value is -3.91. The van der Waals surface area contributed by atoms with Gasteiger partial charge in [-0.15, -0.1) is 0 Å². The lowest BCUT2D eigenvalue weighted by atomic mass is 9.79. The highest BCUT2D eigenvalue weighted by Crippen LogP contribution is 2.43. The summed E-state index contributed by atoms with van der Waals surface area (Å²) in [5.41, 5.74) is 0.878. The van der Waals surface area contributed by atoms with E-state index in [0.717, 1.165) is 45.6 Å². The maximum absolute atomic E-state index is 13.1. The Morgan fingerprint density at radius 1 is 0.433 bits per heavy atom. The molecule has 0 bridgehead atoms. The van der Waals surface area contributed by atoms with Gasteiger partial charge in [0.15, 0.2) is 0 Å². The van der Waals surface area contributed by atoms with Crippen LogP contribution in [0, 0.1) is 0 Å². The first kappa shape index (κ1) is 50.4. The van der Waals surface area contributed by atoms with Gasteiger partial charge in [0, 0.05) is 22.3 Å². The molecule has 0 amide bonds. The molecular weight excluding hydrogens is 811 g/mol. The van der Waals surface area contributed by atoms with Gasteiger partial charge in [-0.1, -0.05) is 168 Å². The van der Waals surface area contributed by atoms with Gasteiger partial charge >= 0.3 is 12.4 Å². The average molecular weight is 877 g/mol. The zero-order valence-electron chi connectivity index (χ0n) is 38.3. The summed E-state index contributed by atoms with van der Waals surface area (Å²) in [4.78, 5) is 0. The highest BCUT2D eigenvalue weighted by Gasteiger charge is 2.35. The molecule has 0 fully saturated rings. The van der Waals surface area contributed by atoms with Crippen LogP contribution in [0.25, 0.3) is 0 Å². The summed E-state index contributed by atoms with van der Waals surface area (Å²) >= 11 is 0. The average Bonchev–Trinajstić information content (AvgIpc) is 3.08. The fraction of sp³-hybridized carbons (Fsp3) is 0.500. The normalized spacial score (nSPS) is 13.4. The van der Waals surface area contributed by atoms with Crippen molar-refractivity contribution >= 4 is 26.5 Å². The molecule has 0 aliphatic carbocycles. The minimum Gasteiger partial charge on any atom is -0.507 e. The van der Waals surface area contributed by atoms with Crippen molar-refractivity contribution in [1.29, 1.82) is 0 Å². The maximum atomic E-state index is 13.1. The summed E-state index contributed by atoms with van der Waals surface area (Å²) in [7, 11) is -4.43. The van der Waals surface area contributed by atoms with Gasteiger partial charge in [-0.2, -0.15) is 26.3 Å². The van der Waals surface area contributed by atoms with E-state index in [1.807, 2.05) is 120 Å². The molecule has 332 valence electrons. The molecule has 0 saturated heterocycles. The summed E-state index contributed by atoms with van der Waals surface area (Å²) in [5, 5.41) is 23.3. The van der Waals surface area contributed by atoms with Crippen LogP contribution in [0.4, 0.5) is 26.3 Å². The van der Waals surface area contributed by atoms with Crippen LogP contribution in [0.5, 0.6) is 23.0 Å². The number of alkyl halides is 6. The third-order valence-electron chi connectivity index (χ3n) is 10.6. The van der Waals surface area contributed by atoms with E-state index < -0.39 is 39.6 Å². The van der Waals surface area contributed by atoms with Gasteiger partial charge in [-0.3, -0.25) is 0 Å². The van der Waals surface area contributed by atoms with E-state index in [1.54, 1.807) is 18.2 Å². The SMILES string of the molecule is CC(C)(C)c1cc(OC[Si](C)(C)c2ccc(C(F)(F)F)cc2)cc(C(C)(C)C)c1O.CC(C)(C)c1cc(OC[Si](C)(C)c2cccc(C(F)(F)F)c2)cc(C(C)(C)C)c1O. The Kier molecular flexibility index (Phi) is 14.7. The van der Waals surface area contributed by atoms with Crippen molar-refractivity contribution in [1.82, 2.24) is 0 Å². The number of benzene rings is 4. The minimum absolute atomic E-state index is 0.260. The van der Waals surface area contributed by atoms with Crippen LogP contribution in [-0.4, -0.2) is 38.8 Å². The van der Waals surface area contributed by atoms with Gasteiger partial charge in [0.2, 0.25) is 0 Å². The van der Waals surface area contributed by atoms with Crippen LogP contribution in [0.1, 0.15) is 116 Å². The van der Waals surface area contributed by atoms with Gasteiger partial charge in [0.05, 0.1) is 23.6 Å². The second kappa shape index (κ2) is 17.5. The first-order chi connectivity index (χ1) is 26.9. The van der Waals surface area contributed by atoms with Gasteiger partial charge in [0.25, 0.3) is 0 Å². The molecular formula is C48H66F6O4Si2. The molecule has 4 rings (SSSR count). The molecule has 0 unspecified atom stereocenters. The Morgan fingerprint density at radius 2 is 0.750 bits per heavy atom. The zero-order valence-corrected chi connectivity index (χ0v) is 40.3. The summed E-state index contributed by atoms with van der Waals surface area (Å²) in [6.07, 6.45) is -7.93. The van der Waals surface area contributed by atoms with Gasteiger partial charge in [0.1, 0.15) is 39.1 Å². The first-order valence-corrected chi connectivity index (χ1v) is 26.6. The molecule has 0 heterocycles. The third-order valence-corrected chi connectivity index (χ3v) is 16.1. The Labute approximate surface area is 356 Å². The van der Waals surface area contributed by atoms with E-state index in [1.165, 1.54) is 12.1 Å². The van der Waals surface area contributed by atoms with Crippen molar-refractivity contribution in [2.75, 3.05) is 12.5 Å². The molecule has 0 atom stereocenters. The third kappa shape index (κ3) is 13.1. The van der Waals surface area contributed by atoms with Crippen LogP contribution in [0.3, 0.4) is 0 Å². The van der Waals surface area contributed by atoms with Crippen molar-refractivity contribution in [2.24, 2.45) is 0 Å². The molecule has 4 aromatic rings. The summed E-state index contributed by atoms with van der Waals surface area (Å²) < 4.78 is 90.2. The van der Waals surface area contributed by atoms with Gasteiger partial charge < -0.3 is 19.7 Å². The molecule has 2 N–H and O–H groups in total. The smallest absolute Gasteiger partial charge is 0.416 e. The minimum atomic E-state index is -4.36. The number of rotatable bonds is 8. The predicted octanol–water partition coefficient (Wildman–Crippen LogP) is 13.1. The fourth-order valence-corrected chi connectivity index (χ4v) is 10.1. The standard InChI is InChI=1S/2C24H33F3O2Si/c1-22(2,3)19-13-17(14-20(21(19)28)23(4,5)6)29-15-30(7,8)18-11-9-16(10-12-18)24(25,26)27;1-22(2,3)19-13-17(14-20(21(19)28)23(4,5)6)29-15-30(7,8)18-11-9-10-16(12-18)24(25,26)27/h2*9-14,28H,15H2,1-8H3. The molecule has 12 heteroatoms. The monoisotopic (exact) mass is 876 g/mol. The maximum Gasteiger partial charge on any atom is 0.416 e. The largest absolute Gasteiger partial charge is 0.507 e. The number of aromatic hydroxyl groups is 2. The van der Waals surface area contributed by atoms with E-state index in [2.05, 4.69) is 13.1 Å². The Bertz CT molecular complexity index is 2020. The Balaban J connectivity index is 0.000000320. The van der Waals surface area contributed by atoms with Crippen molar-refractivity contribution in [3.63, 3.8) is 0 Å². The molecule has 0 aliphatic rings. The zero-order chi connectivity index (χ0) is 46.2. The van der Waals surface area contributed by atoms with Crippen LogP contribution in [0.15, 0.2) is 72.8 Å². The lowest BCUT2D eigenvalue weighted by Crippen LogP contribution is -2.47. The van der Waals surface area contributed by atoms with E-state index in [0.29, 0.717) is 34.9 Å². The molecule has 0 saturated carbocycles. The number of phenolic OH excluding ortho intramolecular Hbond substituents is 2. The highest BCUT2D eigenvalue weighted by atomic mass is 28.3. The lowest BCUT2D eigenvalue weighted by molar-refractivity contribution is -0.138. The van der Waals surface area contributed by atoms with Crippen molar-refractivity contribution in [2.45, 2.75) is 143 Å². The number of hydrogen-bond acceptors (Lipinski definition) is 4. The van der Waals surface area contributed by atoms with Crippen LogP contribution in [-0.2, 0) is 34.0 Å². The second-order valence-corrected chi connectivity index (χ2v) is 30.5. The molecule has 60 heavy (non-hydrogen) atoms. The number of ether oxygens (including phenoxy) is 2. The van der Waals surface area contributed by atoms with Crippen molar-refractivity contribution in [3.8, 4) is 23.0 Å². The topological polar surface area (TPSA) is 58.9 Å². The van der Waals surface area contributed by atoms with Crippen molar-refractivity contribution < 1.29 is 46.0 Å². The number of halogens is 6. The molecule has 0 aliphatic heterocycles. The molecule has 4 nitrogen and oxygen atoms in total. The number of hydrogen-bond donors (Lipinski definition) is 2. The van der Waals surface area contributed by atoms with Crippen LogP contribution in [0.2, 0.25) is 26.2 Å². The van der Waals surface area contributed by atoms with E-state index in [-0.39, 0.29) is 27.4 Å². The summed E-state index contributed by atoms with van der Waals surface area (Å²) in [5.74, 6) is 1.88. The second-order valence-electron chi connectivity index (χ2n) is 21.2. The number of phenols is 2. The quantitative estimate of drug-likeness (QED) is 0.137. The van der Waals surface area contributed by atoms with E-state index >= 15 is 0 Å². The summed E-state index contributed by atoms with van der Waals surface area (Å²) in [6, 6.07) is 18.4. The molecule has 0 radical (unpaired) electrons. The summed E-state index contributed by atoms with van der Waals surface area (Å²) in [6.45, 7) is 32.6. The fourth-order valence-electron chi connectivity index (χ4n) is 6.59. The van der Waals surface area contributed by atoms with Gasteiger partial charge in [-0.25, -0.2) is 0 Å².